The third-order valence-electron chi connectivity index (χ3n) is 3.20. The molecule has 0 spiro atoms. The lowest BCUT2D eigenvalue weighted by molar-refractivity contribution is 0.0149. The van der Waals surface area contributed by atoms with Gasteiger partial charge in [0.05, 0.1) is 11.7 Å². The molecule has 1 N–H and O–H groups in total. The highest BCUT2D eigenvalue weighted by atomic mass is 32.1. The molecule has 0 radical (unpaired) electrons. The second-order valence-electron chi connectivity index (χ2n) is 5.74. The molecule has 0 bridgehead atoms. The normalized spacial score (nSPS) is 22.9. The lowest BCUT2D eigenvalue weighted by Gasteiger charge is -2.27. The molecule has 0 aromatic carbocycles. The van der Waals surface area contributed by atoms with Gasteiger partial charge in [0.15, 0.2) is 0 Å². The van der Waals surface area contributed by atoms with Gasteiger partial charge in [-0.2, -0.15) is 0 Å². The van der Waals surface area contributed by atoms with Crippen molar-refractivity contribution in [2.24, 2.45) is 5.41 Å². The van der Waals surface area contributed by atoms with E-state index in [2.05, 4.69) is 31.5 Å². The van der Waals surface area contributed by atoms with Crippen molar-refractivity contribution in [2.45, 2.75) is 45.8 Å². The Balaban J connectivity index is 2.16. The maximum atomic E-state index is 5.60. The molecule has 17 heavy (non-hydrogen) atoms. The number of hydrogen-bond donors (Lipinski definition) is 1. The van der Waals surface area contributed by atoms with Crippen LogP contribution in [0.4, 0.5) is 0 Å². The van der Waals surface area contributed by atoms with Gasteiger partial charge in [0.2, 0.25) is 0 Å². The minimum absolute atomic E-state index is 0.0858. The van der Waals surface area contributed by atoms with Gasteiger partial charge < -0.3 is 10.1 Å². The van der Waals surface area contributed by atoms with Crippen LogP contribution in [0.1, 0.15) is 56.5 Å². The number of aromatic nitrogens is 1. The van der Waals surface area contributed by atoms with E-state index in [0.717, 1.165) is 11.6 Å². The zero-order chi connectivity index (χ0) is 12.5. The summed E-state index contributed by atoms with van der Waals surface area (Å²) in [6.45, 7) is 7.69. The summed E-state index contributed by atoms with van der Waals surface area (Å²) in [4.78, 5) is 4.76. The predicted molar refractivity (Wildman–Crippen MR) is 71.3 cm³/mol. The first-order valence-electron chi connectivity index (χ1n) is 6.24. The zero-order valence-corrected chi connectivity index (χ0v) is 11.9. The van der Waals surface area contributed by atoms with Crippen molar-refractivity contribution in [1.29, 1.82) is 0 Å². The van der Waals surface area contributed by atoms with E-state index in [9.17, 15) is 0 Å². The van der Waals surface area contributed by atoms with Crippen LogP contribution < -0.4 is 5.32 Å². The number of rotatable bonds is 3. The van der Waals surface area contributed by atoms with Crippen molar-refractivity contribution >= 4 is 11.3 Å². The topological polar surface area (TPSA) is 34.1 Å². The predicted octanol–water partition coefficient (Wildman–Crippen LogP) is 3.30. The molecule has 0 aliphatic carbocycles. The molecule has 1 aromatic heterocycles. The van der Waals surface area contributed by atoms with E-state index in [-0.39, 0.29) is 11.5 Å². The van der Waals surface area contributed by atoms with Gasteiger partial charge in [0.1, 0.15) is 11.1 Å². The Kier molecular flexibility index (Phi) is 3.85. The van der Waals surface area contributed by atoms with Gasteiger partial charge in [-0.15, -0.1) is 11.3 Å². The molecule has 2 atom stereocenters. The molecule has 96 valence electrons. The van der Waals surface area contributed by atoms with Crippen LogP contribution in [-0.2, 0) is 4.74 Å². The third-order valence-corrected chi connectivity index (χ3v) is 4.11. The summed E-state index contributed by atoms with van der Waals surface area (Å²) in [7, 11) is 1.77. The van der Waals surface area contributed by atoms with Crippen molar-refractivity contribution in [3.05, 3.63) is 16.1 Å². The van der Waals surface area contributed by atoms with Crippen LogP contribution in [0, 0.1) is 5.41 Å². The van der Waals surface area contributed by atoms with E-state index in [0.29, 0.717) is 6.04 Å². The summed E-state index contributed by atoms with van der Waals surface area (Å²) in [6, 6.07) is 0.456. The molecule has 2 heterocycles. The largest absolute Gasteiger partial charge is 0.374 e. The first-order chi connectivity index (χ1) is 8.02. The van der Waals surface area contributed by atoms with Crippen LogP contribution in [0.5, 0.6) is 0 Å². The first-order valence-corrected chi connectivity index (χ1v) is 7.12. The van der Waals surface area contributed by atoms with Gasteiger partial charge in [-0.05, 0) is 24.8 Å². The van der Waals surface area contributed by atoms with Crippen molar-refractivity contribution in [2.75, 3.05) is 13.7 Å². The molecule has 4 heteroatoms. The van der Waals surface area contributed by atoms with Gasteiger partial charge in [-0.1, -0.05) is 20.8 Å². The highest BCUT2D eigenvalue weighted by Crippen LogP contribution is 2.38. The molecule has 0 amide bonds. The molecule has 1 aliphatic rings. The number of methoxy groups -OCH3 is 1. The SMILES string of the molecule is COC(c1nc([C@@H]2CCCN2)cs1)C(C)(C)C. The quantitative estimate of drug-likeness (QED) is 0.898. The molecule has 0 saturated carbocycles. The van der Waals surface area contributed by atoms with Crippen LogP contribution in [0.25, 0.3) is 0 Å². The minimum atomic E-state index is 0.0858. The minimum Gasteiger partial charge on any atom is -0.374 e. The van der Waals surface area contributed by atoms with Crippen LogP contribution in [0.3, 0.4) is 0 Å². The smallest absolute Gasteiger partial charge is 0.122 e. The molecular weight excluding hydrogens is 232 g/mol. The fourth-order valence-corrected chi connectivity index (χ4v) is 3.53. The Morgan fingerprint density at radius 1 is 1.53 bits per heavy atom. The number of ether oxygens (including phenoxy) is 1. The molecule has 1 saturated heterocycles. The zero-order valence-electron chi connectivity index (χ0n) is 11.1. The van der Waals surface area contributed by atoms with E-state index >= 15 is 0 Å². The van der Waals surface area contributed by atoms with Crippen LogP contribution in [0.15, 0.2) is 5.38 Å². The lowest BCUT2D eigenvalue weighted by Crippen LogP contribution is -2.20. The summed E-state index contributed by atoms with van der Waals surface area (Å²) >= 11 is 1.72. The van der Waals surface area contributed by atoms with Crippen LogP contribution in [0.2, 0.25) is 0 Å². The Morgan fingerprint density at radius 2 is 2.29 bits per heavy atom. The van der Waals surface area contributed by atoms with E-state index in [1.165, 1.54) is 18.5 Å². The Labute approximate surface area is 108 Å². The summed E-state index contributed by atoms with van der Waals surface area (Å²) in [5.41, 5.74) is 1.28. The fourth-order valence-electron chi connectivity index (χ4n) is 2.34. The number of hydrogen-bond acceptors (Lipinski definition) is 4. The average Bonchev–Trinajstić information content (AvgIpc) is 2.84. The van der Waals surface area contributed by atoms with Gasteiger partial charge in [-0.3, -0.25) is 0 Å². The molecule has 3 nitrogen and oxygen atoms in total. The first kappa shape index (κ1) is 13.0. The van der Waals surface area contributed by atoms with Gasteiger partial charge in [-0.25, -0.2) is 4.98 Å². The monoisotopic (exact) mass is 254 g/mol. The Bertz CT molecular complexity index is 364. The van der Waals surface area contributed by atoms with Gasteiger partial charge in [0.25, 0.3) is 0 Å². The van der Waals surface area contributed by atoms with E-state index in [1.54, 1.807) is 18.4 Å². The summed E-state index contributed by atoms with van der Waals surface area (Å²) in [5.74, 6) is 0. The van der Waals surface area contributed by atoms with Crippen LogP contribution >= 0.6 is 11.3 Å². The second-order valence-corrected chi connectivity index (χ2v) is 6.63. The average molecular weight is 254 g/mol. The number of nitrogens with zero attached hydrogens (tertiary/aromatic N) is 1. The second kappa shape index (κ2) is 5.04. The highest BCUT2D eigenvalue weighted by Gasteiger charge is 2.29. The summed E-state index contributed by atoms with van der Waals surface area (Å²) in [5, 5.41) is 6.76. The third kappa shape index (κ3) is 2.87. The summed E-state index contributed by atoms with van der Waals surface area (Å²) < 4.78 is 5.60. The fraction of sp³-hybridized carbons (Fsp3) is 0.769. The van der Waals surface area contributed by atoms with E-state index in [4.69, 9.17) is 9.72 Å². The van der Waals surface area contributed by atoms with Crippen molar-refractivity contribution < 1.29 is 4.74 Å². The standard InChI is InChI=1S/C13H22N2OS/c1-13(2,3)11(16-4)12-15-10(8-17-12)9-6-5-7-14-9/h8-9,11,14H,5-7H2,1-4H3/t9-,11?/m0/s1. The van der Waals surface area contributed by atoms with Gasteiger partial charge >= 0.3 is 0 Å². The molecule has 1 fully saturated rings. The van der Waals surface area contributed by atoms with Gasteiger partial charge in [0, 0.05) is 12.5 Å². The molecule has 2 rings (SSSR count). The van der Waals surface area contributed by atoms with Crippen molar-refractivity contribution in [1.82, 2.24) is 10.3 Å². The summed E-state index contributed by atoms with van der Waals surface area (Å²) in [6.07, 6.45) is 2.54. The molecular formula is C13H22N2OS. The van der Waals surface area contributed by atoms with E-state index in [1.807, 2.05) is 0 Å². The van der Waals surface area contributed by atoms with Crippen molar-refractivity contribution in [3.63, 3.8) is 0 Å². The highest BCUT2D eigenvalue weighted by molar-refractivity contribution is 7.09. The molecule has 1 aliphatic heterocycles. The Hall–Kier alpha value is -0.450. The molecule has 1 unspecified atom stereocenters. The molecule has 1 aromatic rings. The van der Waals surface area contributed by atoms with Crippen LogP contribution in [-0.4, -0.2) is 18.6 Å². The number of thiazole rings is 1. The van der Waals surface area contributed by atoms with Crippen molar-refractivity contribution in [3.8, 4) is 0 Å². The number of nitrogens with one attached hydrogen (secondary N) is 1. The Morgan fingerprint density at radius 3 is 2.82 bits per heavy atom. The van der Waals surface area contributed by atoms with E-state index < -0.39 is 0 Å². The maximum Gasteiger partial charge on any atom is 0.122 e. The maximum absolute atomic E-state index is 5.60. The lowest BCUT2D eigenvalue weighted by atomic mass is 9.89.